The number of carbonyl (C=O) groups excluding carboxylic acids is 1. The zero-order chi connectivity index (χ0) is 25.5. The van der Waals surface area contributed by atoms with Crippen LogP contribution in [0.2, 0.25) is 0 Å². The molecule has 1 saturated heterocycles. The first-order chi connectivity index (χ1) is 17.4. The maximum Gasteiger partial charge on any atom is 0.341 e. The lowest BCUT2D eigenvalue weighted by molar-refractivity contribution is 0.0528. The minimum atomic E-state index is -3.57. The van der Waals surface area contributed by atoms with E-state index >= 15 is 0 Å². The summed E-state index contributed by atoms with van der Waals surface area (Å²) >= 11 is 6.90. The summed E-state index contributed by atoms with van der Waals surface area (Å²) in [4.78, 5) is 13.7. The molecule has 0 atom stereocenters. The molecule has 2 heterocycles. The number of thiocarbonyl (C=S) groups is 1. The van der Waals surface area contributed by atoms with Crippen molar-refractivity contribution in [2.24, 2.45) is 0 Å². The van der Waals surface area contributed by atoms with E-state index in [0.717, 1.165) is 10.4 Å². The van der Waals surface area contributed by atoms with Gasteiger partial charge < -0.3 is 20.1 Å². The number of esters is 1. The van der Waals surface area contributed by atoms with Gasteiger partial charge in [-0.2, -0.15) is 4.31 Å². The minimum absolute atomic E-state index is 0.210. The van der Waals surface area contributed by atoms with Crippen LogP contribution in [0.15, 0.2) is 65.6 Å². The van der Waals surface area contributed by atoms with E-state index in [1.54, 1.807) is 31.2 Å². The van der Waals surface area contributed by atoms with E-state index in [0.29, 0.717) is 49.0 Å². The van der Waals surface area contributed by atoms with E-state index in [4.69, 9.17) is 21.7 Å². The number of nitrogens with one attached hydrogen (secondary N) is 2. The van der Waals surface area contributed by atoms with Crippen molar-refractivity contribution in [2.75, 3.05) is 43.5 Å². The van der Waals surface area contributed by atoms with Crippen LogP contribution < -0.4 is 10.6 Å². The molecule has 2 N–H and O–H groups in total. The van der Waals surface area contributed by atoms with Gasteiger partial charge in [-0.1, -0.05) is 30.3 Å². The Bertz CT molecular complexity index is 1300. The highest BCUT2D eigenvalue weighted by atomic mass is 32.2. The summed E-state index contributed by atoms with van der Waals surface area (Å²) in [5.74, 6) is -0.420. The molecule has 0 amide bonds. The van der Waals surface area contributed by atoms with Gasteiger partial charge in [-0.25, -0.2) is 13.2 Å². The van der Waals surface area contributed by atoms with Gasteiger partial charge in [-0.15, -0.1) is 11.3 Å². The molecule has 4 rings (SSSR count). The molecule has 0 unspecified atom stereocenters. The monoisotopic (exact) mass is 545 g/mol. The zero-order valence-corrected chi connectivity index (χ0v) is 22.2. The molecule has 1 aliphatic heterocycles. The van der Waals surface area contributed by atoms with Crippen molar-refractivity contribution in [1.29, 1.82) is 0 Å². The van der Waals surface area contributed by atoms with Crippen molar-refractivity contribution in [1.82, 2.24) is 4.31 Å². The first kappa shape index (κ1) is 26.2. The average Bonchev–Trinajstić information content (AvgIpc) is 3.27. The number of nitrogens with zero attached hydrogens (tertiary/aromatic N) is 1. The molecule has 0 saturated carbocycles. The van der Waals surface area contributed by atoms with Crippen molar-refractivity contribution in [3.05, 3.63) is 76.7 Å². The minimum Gasteiger partial charge on any atom is -0.462 e. The molecule has 190 valence electrons. The third-order valence-electron chi connectivity index (χ3n) is 5.45. The molecule has 8 nitrogen and oxygen atoms in total. The largest absolute Gasteiger partial charge is 0.462 e. The second-order valence-electron chi connectivity index (χ2n) is 7.96. The third kappa shape index (κ3) is 6.48. The number of anilines is 2. The maximum atomic E-state index is 12.8. The molecular weight excluding hydrogens is 518 g/mol. The summed E-state index contributed by atoms with van der Waals surface area (Å²) in [5, 5.41) is 7.01. The van der Waals surface area contributed by atoms with E-state index in [2.05, 4.69) is 10.6 Å². The van der Waals surface area contributed by atoms with Crippen molar-refractivity contribution in [2.45, 2.75) is 18.2 Å². The number of rotatable bonds is 8. The summed E-state index contributed by atoms with van der Waals surface area (Å²) in [6, 6.07) is 18.2. The van der Waals surface area contributed by atoms with E-state index in [1.807, 2.05) is 36.4 Å². The normalized spacial score (nSPS) is 14.2. The van der Waals surface area contributed by atoms with Gasteiger partial charge in [-0.3, -0.25) is 0 Å². The average molecular weight is 546 g/mol. The van der Waals surface area contributed by atoms with Gasteiger partial charge in [0.2, 0.25) is 10.0 Å². The van der Waals surface area contributed by atoms with Crippen molar-refractivity contribution in [3.63, 3.8) is 0 Å². The number of hydrogen-bond donors (Lipinski definition) is 2. The summed E-state index contributed by atoms with van der Waals surface area (Å²) in [7, 11) is -3.57. The van der Waals surface area contributed by atoms with Crippen LogP contribution in [0.25, 0.3) is 0 Å². The van der Waals surface area contributed by atoms with Crippen LogP contribution in [0.1, 0.15) is 27.7 Å². The molecule has 2 aromatic carbocycles. The van der Waals surface area contributed by atoms with Crippen molar-refractivity contribution in [3.8, 4) is 0 Å². The van der Waals surface area contributed by atoms with Gasteiger partial charge in [0.05, 0.1) is 30.3 Å². The Kier molecular flexibility index (Phi) is 8.70. The van der Waals surface area contributed by atoms with Crippen LogP contribution in [-0.2, 0) is 25.9 Å². The van der Waals surface area contributed by atoms with Gasteiger partial charge in [-0.05, 0) is 55.0 Å². The molecule has 11 heteroatoms. The van der Waals surface area contributed by atoms with Crippen LogP contribution >= 0.6 is 23.6 Å². The third-order valence-corrected chi connectivity index (χ3v) is 8.61. The van der Waals surface area contributed by atoms with Crippen LogP contribution in [0.5, 0.6) is 0 Å². The molecule has 0 radical (unpaired) electrons. The van der Waals surface area contributed by atoms with Crippen molar-refractivity contribution >= 4 is 55.3 Å². The molecule has 1 aliphatic rings. The Balaban J connectivity index is 1.45. The Labute approximate surface area is 220 Å². The predicted molar refractivity (Wildman–Crippen MR) is 145 cm³/mol. The SMILES string of the molecule is CCOC(=O)c1cc(Cc2ccccc2)sc1NC(=S)Nc1ccc(S(=O)(=O)N2CCOCC2)cc1. The topological polar surface area (TPSA) is 97.0 Å². The lowest BCUT2D eigenvalue weighted by Gasteiger charge is -2.26. The molecule has 1 aromatic heterocycles. The fourth-order valence-electron chi connectivity index (χ4n) is 3.69. The lowest BCUT2D eigenvalue weighted by atomic mass is 10.1. The second kappa shape index (κ2) is 11.9. The standard InChI is InChI=1S/C25H27N3O5S3/c1-2-33-24(29)22-17-20(16-18-6-4-3-5-7-18)35-23(22)27-25(34)26-19-8-10-21(11-9-19)36(30,31)28-12-14-32-15-13-28/h3-11,17H,2,12-16H2,1H3,(H2,26,27,34). The van der Waals surface area contributed by atoms with Gasteiger partial charge in [0, 0.05) is 30.1 Å². The number of hydrogen-bond acceptors (Lipinski definition) is 7. The molecule has 36 heavy (non-hydrogen) atoms. The molecule has 0 bridgehead atoms. The number of benzene rings is 2. The number of thiophene rings is 1. The van der Waals surface area contributed by atoms with Crippen LogP contribution in [0.3, 0.4) is 0 Å². The predicted octanol–water partition coefficient (Wildman–Crippen LogP) is 4.35. The fraction of sp³-hybridized carbons (Fsp3) is 0.280. The lowest BCUT2D eigenvalue weighted by Crippen LogP contribution is -2.40. The molecule has 3 aromatic rings. The first-order valence-corrected chi connectivity index (χ1v) is 14.1. The Morgan fingerprint density at radius 3 is 2.44 bits per heavy atom. The van der Waals surface area contributed by atoms with Crippen molar-refractivity contribution < 1.29 is 22.7 Å². The van der Waals surface area contributed by atoms with Crippen LogP contribution in [0, 0.1) is 0 Å². The smallest absolute Gasteiger partial charge is 0.341 e. The van der Waals surface area contributed by atoms with E-state index in [9.17, 15) is 13.2 Å². The van der Waals surface area contributed by atoms with Gasteiger partial charge in [0.15, 0.2) is 5.11 Å². The second-order valence-corrected chi connectivity index (χ2v) is 11.4. The summed E-state index contributed by atoms with van der Waals surface area (Å²) in [5.41, 5.74) is 2.17. The Hall–Kier alpha value is -2.83. The van der Waals surface area contributed by atoms with E-state index < -0.39 is 16.0 Å². The van der Waals surface area contributed by atoms with E-state index in [1.165, 1.54) is 15.6 Å². The fourth-order valence-corrected chi connectivity index (χ4v) is 6.47. The number of morpholine rings is 1. The highest BCUT2D eigenvalue weighted by Crippen LogP contribution is 2.31. The number of ether oxygens (including phenoxy) is 2. The summed E-state index contributed by atoms with van der Waals surface area (Å²) < 4.78 is 37.5. The van der Waals surface area contributed by atoms with Gasteiger partial charge in [0.1, 0.15) is 5.00 Å². The number of sulfonamides is 1. The maximum absolute atomic E-state index is 12.8. The van der Waals surface area contributed by atoms with Crippen LogP contribution in [0.4, 0.5) is 10.7 Å². The highest BCUT2D eigenvalue weighted by molar-refractivity contribution is 7.89. The zero-order valence-electron chi connectivity index (χ0n) is 19.7. The summed E-state index contributed by atoms with van der Waals surface area (Å²) in [6.07, 6.45) is 0.679. The van der Waals surface area contributed by atoms with Gasteiger partial charge in [0.25, 0.3) is 0 Å². The van der Waals surface area contributed by atoms with Crippen LogP contribution in [-0.4, -0.2) is 56.7 Å². The van der Waals surface area contributed by atoms with Gasteiger partial charge >= 0.3 is 5.97 Å². The Morgan fingerprint density at radius 1 is 1.08 bits per heavy atom. The Morgan fingerprint density at radius 2 is 1.78 bits per heavy atom. The first-order valence-electron chi connectivity index (χ1n) is 11.5. The quantitative estimate of drug-likeness (QED) is 0.319. The molecule has 0 spiro atoms. The van der Waals surface area contributed by atoms with E-state index in [-0.39, 0.29) is 16.6 Å². The highest BCUT2D eigenvalue weighted by Gasteiger charge is 2.26. The molecule has 1 fully saturated rings. The number of carbonyl (C=O) groups is 1. The molecule has 0 aliphatic carbocycles. The summed E-state index contributed by atoms with van der Waals surface area (Å²) in [6.45, 7) is 3.49. The molecular formula is C25H27N3O5S3.